The summed E-state index contributed by atoms with van der Waals surface area (Å²) in [6.07, 6.45) is 1.78. The maximum atomic E-state index is 10.2. The van der Waals surface area contributed by atoms with Crippen molar-refractivity contribution in [3.63, 3.8) is 0 Å². The van der Waals surface area contributed by atoms with E-state index in [2.05, 4.69) is 19.9 Å². The van der Waals surface area contributed by atoms with Crippen molar-refractivity contribution >= 4 is 11.3 Å². The van der Waals surface area contributed by atoms with Gasteiger partial charge >= 0.3 is 0 Å². The lowest BCUT2D eigenvalue weighted by molar-refractivity contribution is 0.0481. The van der Waals surface area contributed by atoms with Gasteiger partial charge in [-0.25, -0.2) is 0 Å². The van der Waals surface area contributed by atoms with Crippen LogP contribution in [0.15, 0.2) is 6.07 Å². The van der Waals surface area contributed by atoms with Gasteiger partial charge in [-0.1, -0.05) is 13.8 Å². The van der Waals surface area contributed by atoms with Crippen LogP contribution in [0.2, 0.25) is 0 Å². The van der Waals surface area contributed by atoms with E-state index in [1.54, 1.807) is 0 Å². The van der Waals surface area contributed by atoms with Crippen molar-refractivity contribution in [2.45, 2.75) is 38.2 Å². The Morgan fingerprint density at radius 3 is 2.93 bits per heavy atom. The van der Waals surface area contributed by atoms with Crippen molar-refractivity contribution in [3.05, 3.63) is 21.4 Å². The number of nitrogens with two attached hydrogens (primary N) is 1. The quantitative estimate of drug-likeness (QED) is 0.785. The number of hydrogen-bond acceptors (Lipinski definition) is 3. The van der Waals surface area contributed by atoms with E-state index in [1.807, 2.05) is 11.3 Å². The van der Waals surface area contributed by atoms with Crippen molar-refractivity contribution in [1.29, 1.82) is 0 Å². The molecular weight excluding hydrogens is 194 g/mol. The van der Waals surface area contributed by atoms with E-state index in [4.69, 9.17) is 5.73 Å². The highest BCUT2D eigenvalue weighted by Gasteiger charge is 2.37. The average molecular weight is 211 g/mol. The van der Waals surface area contributed by atoms with Crippen molar-refractivity contribution in [1.82, 2.24) is 0 Å². The number of rotatable bonds is 2. The van der Waals surface area contributed by atoms with E-state index in [9.17, 15) is 5.11 Å². The third-order valence-corrected chi connectivity index (χ3v) is 4.50. The van der Waals surface area contributed by atoms with Crippen LogP contribution in [0.25, 0.3) is 0 Å². The third kappa shape index (κ3) is 1.40. The summed E-state index contributed by atoms with van der Waals surface area (Å²) in [4.78, 5) is 2.70. The Kier molecular flexibility index (Phi) is 2.41. The largest absolute Gasteiger partial charge is 0.384 e. The molecule has 0 radical (unpaired) electrons. The Morgan fingerprint density at radius 2 is 2.36 bits per heavy atom. The molecule has 3 heteroatoms. The van der Waals surface area contributed by atoms with E-state index in [0.717, 1.165) is 18.4 Å². The highest BCUT2D eigenvalue weighted by molar-refractivity contribution is 7.12. The summed E-state index contributed by atoms with van der Waals surface area (Å²) in [6, 6.07) is 2.14. The molecule has 1 aromatic heterocycles. The van der Waals surface area contributed by atoms with Gasteiger partial charge in [0, 0.05) is 16.3 Å². The second kappa shape index (κ2) is 3.33. The van der Waals surface area contributed by atoms with Crippen molar-refractivity contribution in [3.8, 4) is 0 Å². The summed E-state index contributed by atoms with van der Waals surface area (Å²) in [5.74, 6) is 0.549. The zero-order valence-corrected chi connectivity index (χ0v) is 9.53. The molecule has 1 unspecified atom stereocenters. The summed E-state index contributed by atoms with van der Waals surface area (Å²) >= 11 is 1.83. The Balaban J connectivity index is 2.40. The first-order valence-electron chi connectivity index (χ1n) is 5.12. The first kappa shape index (κ1) is 10.1. The molecule has 0 saturated carbocycles. The molecule has 78 valence electrons. The molecule has 14 heavy (non-hydrogen) atoms. The van der Waals surface area contributed by atoms with Gasteiger partial charge in [0.15, 0.2) is 0 Å². The SMILES string of the molecule is CC(C)c1cc2c(s1)CCC2(O)CN. The van der Waals surface area contributed by atoms with Crippen LogP contribution in [-0.2, 0) is 12.0 Å². The number of thiophene rings is 1. The van der Waals surface area contributed by atoms with Crippen molar-refractivity contribution in [2.75, 3.05) is 6.54 Å². The van der Waals surface area contributed by atoms with Crippen LogP contribution >= 0.6 is 11.3 Å². The molecule has 2 nitrogen and oxygen atoms in total. The topological polar surface area (TPSA) is 46.2 Å². The van der Waals surface area contributed by atoms with Gasteiger partial charge < -0.3 is 10.8 Å². The average Bonchev–Trinajstić information content (AvgIpc) is 2.68. The van der Waals surface area contributed by atoms with E-state index >= 15 is 0 Å². The zero-order valence-electron chi connectivity index (χ0n) is 8.71. The highest BCUT2D eigenvalue weighted by Crippen LogP contribution is 2.42. The van der Waals surface area contributed by atoms with Crippen LogP contribution in [0.1, 0.15) is 41.5 Å². The number of hydrogen-bond donors (Lipinski definition) is 2. The number of aliphatic hydroxyl groups is 1. The lowest BCUT2D eigenvalue weighted by Crippen LogP contribution is -2.31. The number of aryl methyl sites for hydroxylation is 1. The predicted octanol–water partition coefficient (Wildman–Crippen LogP) is 1.96. The highest BCUT2D eigenvalue weighted by atomic mass is 32.1. The molecule has 0 spiro atoms. The fourth-order valence-corrected chi connectivity index (χ4v) is 3.24. The van der Waals surface area contributed by atoms with Gasteiger partial charge in [-0.2, -0.15) is 0 Å². The zero-order chi connectivity index (χ0) is 10.3. The van der Waals surface area contributed by atoms with Gasteiger partial charge in [0.2, 0.25) is 0 Å². The van der Waals surface area contributed by atoms with Gasteiger partial charge in [-0.15, -0.1) is 11.3 Å². The Labute approximate surface area is 88.8 Å². The molecular formula is C11H17NOS. The summed E-state index contributed by atoms with van der Waals surface area (Å²) in [5.41, 5.74) is 5.98. The van der Waals surface area contributed by atoms with Crippen LogP contribution in [0.4, 0.5) is 0 Å². The van der Waals surface area contributed by atoms with Gasteiger partial charge in [-0.05, 0) is 30.4 Å². The standard InChI is InChI=1S/C11H17NOS/c1-7(2)10-5-8-9(14-10)3-4-11(8,13)6-12/h5,7,13H,3-4,6,12H2,1-2H3. The Morgan fingerprint density at radius 1 is 1.64 bits per heavy atom. The van der Waals surface area contributed by atoms with Crippen LogP contribution in [0.3, 0.4) is 0 Å². The lowest BCUT2D eigenvalue weighted by atomic mass is 9.97. The molecule has 0 amide bonds. The summed E-state index contributed by atoms with van der Waals surface area (Å²) in [7, 11) is 0. The molecule has 1 atom stereocenters. The molecule has 0 aliphatic heterocycles. The molecule has 1 aromatic rings. The molecule has 2 rings (SSSR count). The fraction of sp³-hybridized carbons (Fsp3) is 0.636. The third-order valence-electron chi connectivity index (χ3n) is 3.00. The first-order chi connectivity index (χ1) is 6.57. The lowest BCUT2D eigenvalue weighted by Gasteiger charge is -2.20. The molecule has 3 N–H and O–H groups in total. The Bertz CT molecular complexity index is 345. The van der Waals surface area contributed by atoms with E-state index < -0.39 is 5.60 Å². The van der Waals surface area contributed by atoms with E-state index in [-0.39, 0.29) is 0 Å². The fourth-order valence-electron chi connectivity index (χ4n) is 1.98. The Hall–Kier alpha value is -0.380. The molecule has 0 aromatic carbocycles. The van der Waals surface area contributed by atoms with Crippen LogP contribution < -0.4 is 5.73 Å². The van der Waals surface area contributed by atoms with E-state index in [0.29, 0.717) is 12.5 Å². The maximum absolute atomic E-state index is 10.2. The summed E-state index contributed by atoms with van der Waals surface area (Å²) in [5, 5.41) is 10.2. The van der Waals surface area contributed by atoms with E-state index in [1.165, 1.54) is 9.75 Å². The number of fused-ring (bicyclic) bond motifs is 1. The summed E-state index contributed by atoms with van der Waals surface area (Å²) in [6.45, 7) is 4.71. The molecule has 0 saturated heterocycles. The van der Waals surface area contributed by atoms with Gasteiger partial charge in [0.05, 0.1) is 0 Å². The molecule has 1 aliphatic rings. The maximum Gasteiger partial charge on any atom is 0.103 e. The second-order valence-electron chi connectivity index (χ2n) is 4.38. The first-order valence-corrected chi connectivity index (χ1v) is 5.94. The van der Waals surface area contributed by atoms with Gasteiger partial charge in [0.1, 0.15) is 5.60 Å². The minimum absolute atomic E-state index is 0.342. The summed E-state index contributed by atoms with van der Waals surface area (Å²) < 4.78 is 0. The van der Waals surface area contributed by atoms with Crippen LogP contribution in [-0.4, -0.2) is 11.7 Å². The van der Waals surface area contributed by atoms with Gasteiger partial charge in [-0.3, -0.25) is 0 Å². The van der Waals surface area contributed by atoms with Crippen molar-refractivity contribution in [2.24, 2.45) is 5.73 Å². The van der Waals surface area contributed by atoms with Crippen molar-refractivity contribution < 1.29 is 5.11 Å². The molecule has 1 heterocycles. The van der Waals surface area contributed by atoms with Gasteiger partial charge in [0.25, 0.3) is 0 Å². The smallest absolute Gasteiger partial charge is 0.103 e. The minimum Gasteiger partial charge on any atom is -0.384 e. The monoisotopic (exact) mass is 211 g/mol. The minimum atomic E-state index is -0.737. The second-order valence-corrected chi connectivity index (χ2v) is 5.54. The molecule has 0 bridgehead atoms. The normalized spacial score (nSPS) is 25.8. The predicted molar refractivity (Wildman–Crippen MR) is 59.7 cm³/mol. The molecule has 0 fully saturated rings. The van der Waals surface area contributed by atoms with Crippen LogP contribution in [0.5, 0.6) is 0 Å². The molecule has 1 aliphatic carbocycles. The van der Waals surface area contributed by atoms with Crippen LogP contribution in [0, 0.1) is 0 Å².